The molecule has 0 spiro atoms. The van der Waals surface area contributed by atoms with Gasteiger partial charge in [0.05, 0.1) is 19.1 Å². The number of ether oxygens (including phenoxy) is 2. The average molecular weight is 635 g/mol. The molecule has 1 heterocycles. The van der Waals surface area contributed by atoms with Crippen molar-refractivity contribution in [3.8, 4) is 11.5 Å². The second-order valence-electron chi connectivity index (χ2n) is 11.0. The summed E-state index contributed by atoms with van der Waals surface area (Å²) in [7, 11) is 3.09. The number of rotatable bonds is 3. The molecule has 10 nitrogen and oxygen atoms in total. The highest BCUT2D eigenvalue weighted by Crippen LogP contribution is 2.30. The van der Waals surface area contributed by atoms with Gasteiger partial charge in [0.15, 0.2) is 18.1 Å². The summed E-state index contributed by atoms with van der Waals surface area (Å²) in [6.45, 7) is 2.55. The fraction of sp³-hybridized carbons (Fsp3) is 0.500. The van der Waals surface area contributed by atoms with Crippen LogP contribution in [0.15, 0.2) is 42.5 Å². The van der Waals surface area contributed by atoms with Gasteiger partial charge in [-0.1, -0.05) is 24.3 Å². The normalized spacial score (nSPS) is 18.5. The molecule has 0 radical (unpaired) electrons. The molecule has 2 N–H and O–H groups in total. The van der Waals surface area contributed by atoms with E-state index in [1.165, 1.54) is 24.1 Å². The van der Waals surface area contributed by atoms with Gasteiger partial charge in [-0.15, -0.1) is 0 Å². The van der Waals surface area contributed by atoms with E-state index >= 15 is 0 Å². The summed E-state index contributed by atoms with van der Waals surface area (Å²) >= 11 is 0. The maximum atomic E-state index is 13.2. The highest BCUT2D eigenvalue weighted by molar-refractivity contribution is 5.87. The molecule has 1 aliphatic heterocycles. The van der Waals surface area contributed by atoms with Crippen molar-refractivity contribution in [3.05, 3.63) is 59.2 Å². The smallest absolute Gasteiger partial charge is 0.416 e. The van der Waals surface area contributed by atoms with Crippen LogP contribution < -0.4 is 20.1 Å². The van der Waals surface area contributed by atoms with Gasteiger partial charge in [0.25, 0.3) is 5.91 Å². The average Bonchev–Trinajstić information content (AvgIpc) is 3.00. The lowest BCUT2D eigenvalue weighted by atomic mass is 10.1. The SMILES string of the molecule is COc1ccc2cc1OCC(=O)N[C@@H](C)C(=O)N(C)CCCCN(C(=O)Cc1cccc(C(F)(F)F)c1)CCCNC(=O)CC2. The topological polar surface area (TPSA) is 117 Å². The largest absolute Gasteiger partial charge is 0.493 e. The van der Waals surface area contributed by atoms with E-state index < -0.39 is 23.7 Å². The van der Waals surface area contributed by atoms with Crippen LogP contribution in [-0.2, 0) is 38.2 Å². The van der Waals surface area contributed by atoms with Gasteiger partial charge in [-0.25, -0.2) is 0 Å². The van der Waals surface area contributed by atoms with Crippen molar-refractivity contribution >= 4 is 23.6 Å². The van der Waals surface area contributed by atoms with E-state index in [1.807, 2.05) is 0 Å². The van der Waals surface area contributed by atoms with Crippen LogP contribution in [0.1, 0.15) is 49.3 Å². The van der Waals surface area contributed by atoms with Crippen molar-refractivity contribution < 1.29 is 41.8 Å². The first-order valence-electron chi connectivity index (χ1n) is 14.9. The number of halogens is 3. The number of fused-ring (bicyclic) bond motifs is 2. The van der Waals surface area contributed by atoms with Crippen LogP contribution in [0.25, 0.3) is 0 Å². The van der Waals surface area contributed by atoms with E-state index in [9.17, 15) is 32.3 Å². The quantitative estimate of drug-likeness (QED) is 0.535. The molecule has 1 aliphatic rings. The summed E-state index contributed by atoms with van der Waals surface area (Å²) in [5.74, 6) is -0.543. The van der Waals surface area contributed by atoms with Gasteiger partial charge >= 0.3 is 6.18 Å². The summed E-state index contributed by atoms with van der Waals surface area (Å²) in [6.07, 6.45) is -2.58. The highest BCUT2D eigenvalue weighted by atomic mass is 19.4. The van der Waals surface area contributed by atoms with E-state index in [2.05, 4.69) is 10.6 Å². The van der Waals surface area contributed by atoms with Crippen molar-refractivity contribution in [1.29, 1.82) is 0 Å². The van der Waals surface area contributed by atoms with Crippen LogP contribution in [0, 0.1) is 0 Å². The van der Waals surface area contributed by atoms with Gasteiger partial charge in [0.2, 0.25) is 17.7 Å². The molecule has 246 valence electrons. The van der Waals surface area contributed by atoms with Gasteiger partial charge in [-0.3, -0.25) is 19.2 Å². The van der Waals surface area contributed by atoms with E-state index in [0.717, 1.165) is 17.7 Å². The molecule has 0 fully saturated rings. The Kier molecular flexibility index (Phi) is 13.1. The number of carbonyl (C=O) groups excluding carboxylic acids is 4. The Morgan fingerprint density at radius 3 is 2.47 bits per heavy atom. The minimum Gasteiger partial charge on any atom is -0.493 e. The lowest BCUT2D eigenvalue weighted by Gasteiger charge is -2.25. The number of aryl methyl sites for hydroxylation is 1. The zero-order valence-corrected chi connectivity index (χ0v) is 25.9. The highest BCUT2D eigenvalue weighted by Gasteiger charge is 2.30. The number of alkyl halides is 3. The van der Waals surface area contributed by atoms with Crippen LogP contribution in [0.3, 0.4) is 0 Å². The number of hydrogen-bond donors (Lipinski definition) is 2. The molecule has 2 aromatic carbocycles. The Hall–Kier alpha value is -4.29. The minimum absolute atomic E-state index is 0.182. The maximum absolute atomic E-state index is 13.2. The summed E-state index contributed by atoms with van der Waals surface area (Å²) in [5, 5.41) is 5.48. The third-order valence-corrected chi connectivity index (χ3v) is 7.41. The van der Waals surface area contributed by atoms with Crippen molar-refractivity contribution in [2.75, 3.05) is 46.9 Å². The second kappa shape index (κ2) is 16.7. The predicted octanol–water partition coefficient (Wildman–Crippen LogP) is 3.36. The van der Waals surface area contributed by atoms with E-state index in [-0.39, 0.29) is 42.7 Å². The zero-order chi connectivity index (χ0) is 33.0. The standard InChI is InChI=1S/C32H41F3N4O6/c1-22-31(43)38(2)15-4-5-16-39(30(42)20-24-8-6-9-25(18-24)32(33,34)35)17-7-14-36-28(40)13-11-23-10-12-26(44-3)27(19-23)45-21-29(41)37-22/h6,8-10,12,18-19,22H,4-5,7,11,13-17,20-21H2,1-3H3,(H,36,40)(H,37,41)/t22-/m0/s1. The first-order chi connectivity index (χ1) is 21.4. The number of methoxy groups -OCH3 is 1. The van der Waals surface area contributed by atoms with Gasteiger partial charge < -0.3 is 29.9 Å². The third kappa shape index (κ3) is 11.3. The molecule has 0 saturated heterocycles. The van der Waals surface area contributed by atoms with Crippen LogP contribution in [-0.4, -0.2) is 86.4 Å². The fourth-order valence-electron chi connectivity index (χ4n) is 4.92. The van der Waals surface area contributed by atoms with E-state index in [4.69, 9.17) is 9.47 Å². The first-order valence-corrected chi connectivity index (χ1v) is 14.9. The molecule has 2 aromatic rings. The second-order valence-corrected chi connectivity index (χ2v) is 11.0. The number of carbonyl (C=O) groups is 4. The Morgan fingerprint density at radius 2 is 1.73 bits per heavy atom. The van der Waals surface area contributed by atoms with Crippen molar-refractivity contribution in [3.63, 3.8) is 0 Å². The van der Waals surface area contributed by atoms with E-state index in [0.29, 0.717) is 63.4 Å². The number of hydrogen-bond acceptors (Lipinski definition) is 6. The monoisotopic (exact) mass is 634 g/mol. The number of amides is 4. The zero-order valence-electron chi connectivity index (χ0n) is 25.9. The lowest BCUT2D eigenvalue weighted by Crippen LogP contribution is -2.47. The van der Waals surface area contributed by atoms with Crippen LogP contribution >= 0.6 is 0 Å². The molecular formula is C32H41F3N4O6. The molecule has 45 heavy (non-hydrogen) atoms. The third-order valence-electron chi connectivity index (χ3n) is 7.41. The van der Waals surface area contributed by atoms with Crippen molar-refractivity contribution in [1.82, 2.24) is 20.4 Å². The first kappa shape index (κ1) is 35.2. The predicted molar refractivity (Wildman–Crippen MR) is 161 cm³/mol. The fourth-order valence-corrected chi connectivity index (χ4v) is 4.92. The molecule has 4 amide bonds. The summed E-state index contributed by atoms with van der Waals surface area (Å²) in [6, 6.07) is 9.09. The number of benzene rings is 2. The molecular weight excluding hydrogens is 593 g/mol. The van der Waals surface area contributed by atoms with Crippen molar-refractivity contribution in [2.24, 2.45) is 0 Å². The van der Waals surface area contributed by atoms with Crippen LogP contribution in [0.4, 0.5) is 13.2 Å². The molecule has 0 saturated carbocycles. The molecule has 0 aliphatic carbocycles. The molecule has 13 heteroatoms. The van der Waals surface area contributed by atoms with Crippen LogP contribution in [0.2, 0.25) is 0 Å². The summed E-state index contributed by atoms with van der Waals surface area (Å²) in [5.41, 5.74) is 0.235. The van der Waals surface area contributed by atoms with Gasteiger partial charge in [-0.2, -0.15) is 13.2 Å². The van der Waals surface area contributed by atoms with Gasteiger partial charge in [0, 0.05) is 39.6 Å². The molecule has 1 atom stereocenters. The van der Waals surface area contributed by atoms with Crippen LogP contribution in [0.5, 0.6) is 11.5 Å². The Bertz CT molecular complexity index is 1340. The molecule has 0 unspecified atom stereocenters. The maximum Gasteiger partial charge on any atom is 0.416 e. The van der Waals surface area contributed by atoms with Gasteiger partial charge in [-0.05, 0) is 61.9 Å². The molecule has 2 bridgehead atoms. The summed E-state index contributed by atoms with van der Waals surface area (Å²) < 4.78 is 50.6. The van der Waals surface area contributed by atoms with E-state index in [1.54, 1.807) is 37.1 Å². The van der Waals surface area contributed by atoms with Crippen molar-refractivity contribution in [2.45, 2.75) is 57.7 Å². The Morgan fingerprint density at radius 1 is 1.00 bits per heavy atom. The Balaban J connectivity index is 1.71. The minimum atomic E-state index is -4.51. The number of nitrogens with one attached hydrogen (secondary N) is 2. The Labute approximate surface area is 261 Å². The molecule has 3 rings (SSSR count). The lowest BCUT2D eigenvalue weighted by molar-refractivity contribution is -0.138. The molecule has 0 aromatic heterocycles. The van der Waals surface area contributed by atoms with Gasteiger partial charge in [0.1, 0.15) is 6.04 Å². The number of nitrogens with zero attached hydrogens (tertiary/aromatic N) is 2. The number of likely N-dealkylation sites (N-methyl/N-ethyl adjacent to an activating group) is 1. The summed E-state index contributed by atoms with van der Waals surface area (Å²) in [4.78, 5) is 54.2.